The maximum absolute atomic E-state index is 10.8. The largest absolute Gasteiger partial charge is 0.390 e. The normalized spacial score (nSPS) is 38.9. The van der Waals surface area contributed by atoms with Crippen LogP contribution in [0.15, 0.2) is 0 Å². The molecule has 54 valence electrons. The van der Waals surface area contributed by atoms with Crippen molar-refractivity contribution < 1.29 is 9.32 Å². The molecule has 1 heterocycles. The molecule has 0 spiro atoms. The zero-order valence-corrected chi connectivity index (χ0v) is 6.15. The highest BCUT2D eigenvalue weighted by molar-refractivity contribution is 7.85. The first-order chi connectivity index (χ1) is 4.22. The molecule has 2 N–H and O–H groups in total. The smallest absolute Gasteiger partial charge is 0.0820 e. The SMILES string of the molecule is CS(=O)[C@@H]1CNC[C@H]1O. The molecule has 1 aliphatic heterocycles. The van der Waals surface area contributed by atoms with Crippen LogP contribution in [0.4, 0.5) is 0 Å². The minimum absolute atomic E-state index is 0.0509. The molecule has 0 saturated carbocycles. The average molecular weight is 149 g/mol. The minimum Gasteiger partial charge on any atom is -0.390 e. The predicted octanol–water partition coefficient (Wildman–Crippen LogP) is -1.30. The number of rotatable bonds is 1. The number of nitrogens with one attached hydrogen (secondary N) is 1. The van der Waals surface area contributed by atoms with Gasteiger partial charge in [0.15, 0.2) is 0 Å². The minimum atomic E-state index is -0.883. The van der Waals surface area contributed by atoms with Gasteiger partial charge >= 0.3 is 0 Å². The molecule has 1 aliphatic rings. The molecule has 1 saturated heterocycles. The van der Waals surface area contributed by atoms with Crippen LogP contribution in [-0.2, 0) is 10.8 Å². The molecule has 1 unspecified atom stereocenters. The quantitative estimate of drug-likeness (QED) is 0.487. The molecule has 0 aliphatic carbocycles. The van der Waals surface area contributed by atoms with Gasteiger partial charge in [-0.05, 0) is 0 Å². The molecule has 1 fully saturated rings. The van der Waals surface area contributed by atoms with Crippen LogP contribution in [0.25, 0.3) is 0 Å². The summed E-state index contributed by atoms with van der Waals surface area (Å²) >= 11 is 0. The number of hydrogen-bond acceptors (Lipinski definition) is 3. The zero-order chi connectivity index (χ0) is 6.85. The van der Waals surface area contributed by atoms with E-state index in [9.17, 15) is 4.21 Å². The number of hydrogen-bond donors (Lipinski definition) is 2. The van der Waals surface area contributed by atoms with Gasteiger partial charge in [-0.25, -0.2) is 0 Å². The van der Waals surface area contributed by atoms with E-state index in [2.05, 4.69) is 5.32 Å². The molecule has 9 heavy (non-hydrogen) atoms. The predicted molar refractivity (Wildman–Crippen MR) is 36.7 cm³/mol. The number of aliphatic hydroxyl groups excluding tert-OH is 1. The Morgan fingerprint density at radius 2 is 2.33 bits per heavy atom. The van der Waals surface area contributed by atoms with E-state index in [0.717, 1.165) is 0 Å². The van der Waals surface area contributed by atoms with Crippen LogP contribution in [0.3, 0.4) is 0 Å². The lowest BCUT2D eigenvalue weighted by molar-refractivity contribution is 0.200. The summed E-state index contributed by atoms with van der Waals surface area (Å²) in [6, 6.07) is 0. The van der Waals surface area contributed by atoms with Gasteiger partial charge in [0, 0.05) is 30.1 Å². The third-order valence-electron chi connectivity index (χ3n) is 1.55. The third kappa shape index (κ3) is 1.50. The fourth-order valence-corrected chi connectivity index (χ4v) is 1.87. The van der Waals surface area contributed by atoms with E-state index < -0.39 is 16.9 Å². The topological polar surface area (TPSA) is 49.3 Å². The Balaban J connectivity index is 2.49. The van der Waals surface area contributed by atoms with Crippen molar-refractivity contribution in [1.29, 1.82) is 0 Å². The van der Waals surface area contributed by atoms with Crippen molar-refractivity contribution in [2.45, 2.75) is 11.4 Å². The van der Waals surface area contributed by atoms with Gasteiger partial charge in [0.2, 0.25) is 0 Å². The molecular formula is C5H11NO2S. The summed E-state index contributed by atoms with van der Waals surface area (Å²) in [5.41, 5.74) is 0. The highest BCUT2D eigenvalue weighted by Crippen LogP contribution is 2.04. The second-order valence-corrected chi connectivity index (χ2v) is 3.87. The summed E-state index contributed by atoms with van der Waals surface area (Å²) in [4.78, 5) is 0. The highest BCUT2D eigenvalue weighted by atomic mass is 32.2. The van der Waals surface area contributed by atoms with Crippen LogP contribution in [-0.4, -0.2) is 40.0 Å². The first-order valence-electron chi connectivity index (χ1n) is 2.93. The zero-order valence-electron chi connectivity index (χ0n) is 5.33. The summed E-state index contributed by atoms with van der Waals surface area (Å²) in [6.07, 6.45) is 1.22. The van der Waals surface area contributed by atoms with E-state index in [1.807, 2.05) is 0 Å². The lowest BCUT2D eigenvalue weighted by atomic mass is 10.3. The van der Waals surface area contributed by atoms with Crippen LogP contribution >= 0.6 is 0 Å². The van der Waals surface area contributed by atoms with E-state index in [4.69, 9.17) is 5.11 Å². The Bertz CT molecular complexity index is 128. The second kappa shape index (κ2) is 2.77. The Hall–Kier alpha value is 0.0700. The summed E-state index contributed by atoms with van der Waals surface area (Å²) in [6.45, 7) is 1.27. The van der Waals surface area contributed by atoms with Gasteiger partial charge in [-0.15, -0.1) is 0 Å². The molecule has 0 aromatic heterocycles. The van der Waals surface area contributed by atoms with Crippen LogP contribution < -0.4 is 5.32 Å². The van der Waals surface area contributed by atoms with Gasteiger partial charge in [-0.2, -0.15) is 0 Å². The molecule has 4 heteroatoms. The Morgan fingerprint density at radius 1 is 1.67 bits per heavy atom. The molecule has 0 aromatic rings. The van der Waals surface area contributed by atoms with Crippen molar-refractivity contribution in [2.75, 3.05) is 19.3 Å². The van der Waals surface area contributed by atoms with Gasteiger partial charge in [-0.3, -0.25) is 4.21 Å². The molecule has 1 rings (SSSR count). The van der Waals surface area contributed by atoms with E-state index in [1.165, 1.54) is 0 Å². The molecule has 3 atom stereocenters. The van der Waals surface area contributed by atoms with Gasteiger partial charge in [0.1, 0.15) is 0 Å². The molecule has 0 aromatic carbocycles. The molecule has 0 bridgehead atoms. The maximum atomic E-state index is 10.8. The Labute approximate surface area is 56.9 Å². The second-order valence-electron chi connectivity index (χ2n) is 2.26. The van der Waals surface area contributed by atoms with E-state index in [-0.39, 0.29) is 5.25 Å². The molecule has 3 nitrogen and oxygen atoms in total. The number of β-amino-alcohol motifs (C(OH)–C–C–N with tert-alkyl or cyclic N) is 1. The van der Waals surface area contributed by atoms with Gasteiger partial charge < -0.3 is 10.4 Å². The Morgan fingerprint density at radius 3 is 2.56 bits per heavy atom. The standard InChI is InChI=1S/C5H11NO2S/c1-9(8)5-3-6-2-4(5)7/h4-7H,2-3H2,1H3/t4-,5-,9?/m1/s1. The van der Waals surface area contributed by atoms with Crippen LogP contribution in [0, 0.1) is 0 Å². The first kappa shape index (κ1) is 7.18. The lowest BCUT2D eigenvalue weighted by Gasteiger charge is -2.07. The van der Waals surface area contributed by atoms with E-state index in [0.29, 0.717) is 13.1 Å². The molecule has 0 amide bonds. The average Bonchev–Trinajstić information content (AvgIpc) is 2.13. The fourth-order valence-electron chi connectivity index (χ4n) is 0.980. The summed E-state index contributed by atoms with van der Waals surface area (Å²) in [5.74, 6) is 0. The highest BCUT2D eigenvalue weighted by Gasteiger charge is 2.27. The van der Waals surface area contributed by atoms with Crippen molar-refractivity contribution >= 4 is 10.8 Å². The van der Waals surface area contributed by atoms with Crippen LogP contribution in [0.1, 0.15) is 0 Å². The van der Waals surface area contributed by atoms with E-state index in [1.54, 1.807) is 6.26 Å². The van der Waals surface area contributed by atoms with Crippen LogP contribution in [0.5, 0.6) is 0 Å². The van der Waals surface area contributed by atoms with Crippen LogP contribution in [0.2, 0.25) is 0 Å². The van der Waals surface area contributed by atoms with Gasteiger partial charge in [0.05, 0.1) is 11.4 Å². The van der Waals surface area contributed by atoms with Crippen molar-refractivity contribution in [3.8, 4) is 0 Å². The first-order valence-corrected chi connectivity index (χ1v) is 4.55. The van der Waals surface area contributed by atoms with Crippen molar-refractivity contribution in [3.05, 3.63) is 0 Å². The molecular weight excluding hydrogens is 138 g/mol. The third-order valence-corrected chi connectivity index (χ3v) is 2.89. The van der Waals surface area contributed by atoms with Crippen molar-refractivity contribution in [3.63, 3.8) is 0 Å². The Kier molecular flexibility index (Phi) is 2.21. The number of aliphatic hydroxyl groups is 1. The van der Waals surface area contributed by atoms with Gasteiger partial charge in [-0.1, -0.05) is 0 Å². The van der Waals surface area contributed by atoms with E-state index >= 15 is 0 Å². The summed E-state index contributed by atoms with van der Waals surface area (Å²) < 4.78 is 10.8. The lowest BCUT2D eigenvalue weighted by Crippen LogP contribution is -2.27. The summed E-state index contributed by atoms with van der Waals surface area (Å²) in [5, 5.41) is 12.0. The maximum Gasteiger partial charge on any atom is 0.0820 e. The van der Waals surface area contributed by atoms with Crippen molar-refractivity contribution in [1.82, 2.24) is 5.32 Å². The summed E-state index contributed by atoms with van der Waals surface area (Å²) in [7, 11) is -0.883. The fraction of sp³-hybridized carbons (Fsp3) is 1.00. The molecule has 0 radical (unpaired) electrons. The van der Waals surface area contributed by atoms with Gasteiger partial charge in [0.25, 0.3) is 0 Å². The monoisotopic (exact) mass is 149 g/mol. The van der Waals surface area contributed by atoms with Crippen molar-refractivity contribution in [2.24, 2.45) is 0 Å².